The molecule has 0 aliphatic carbocycles. The summed E-state index contributed by atoms with van der Waals surface area (Å²) in [4.78, 5) is 16.2. The quantitative estimate of drug-likeness (QED) is 0.909. The molecule has 1 aliphatic heterocycles. The number of nitrogens with zero attached hydrogens (tertiary/aromatic N) is 1. The zero-order chi connectivity index (χ0) is 14.5. The van der Waals surface area contributed by atoms with Crippen LogP contribution in [0.2, 0.25) is 0 Å². The summed E-state index contributed by atoms with van der Waals surface area (Å²) in [7, 11) is 0. The van der Waals surface area contributed by atoms with Gasteiger partial charge in [0.05, 0.1) is 24.9 Å². The Bertz CT molecular complexity index is 616. The van der Waals surface area contributed by atoms with Crippen LogP contribution in [0.3, 0.4) is 0 Å². The third-order valence-electron chi connectivity index (χ3n) is 3.42. The number of fused-ring (bicyclic) bond motifs is 1. The van der Waals surface area contributed by atoms with E-state index in [-0.39, 0.29) is 12.1 Å². The Morgan fingerprint density at radius 1 is 1.24 bits per heavy atom. The molecule has 0 radical (unpaired) electrons. The fourth-order valence-corrected chi connectivity index (χ4v) is 2.37. The second-order valence-electron chi connectivity index (χ2n) is 4.88. The first-order valence-corrected chi connectivity index (χ1v) is 6.99. The van der Waals surface area contributed by atoms with E-state index in [1.54, 1.807) is 6.20 Å². The minimum absolute atomic E-state index is 0.0151. The topological polar surface area (TPSA) is 63.2 Å². The maximum absolute atomic E-state index is 12.0. The Morgan fingerprint density at radius 2 is 2.10 bits per heavy atom. The van der Waals surface area contributed by atoms with Crippen molar-refractivity contribution in [2.45, 2.75) is 19.0 Å². The SMILES string of the molecule is O=C(NCc1ccccn1)N[C@H]1CCOc2ccccc21. The van der Waals surface area contributed by atoms with E-state index in [2.05, 4.69) is 15.6 Å². The highest BCUT2D eigenvalue weighted by molar-refractivity contribution is 5.74. The molecule has 1 atom stereocenters. The zero-order valence-corrected chi connectivity index (χ0v) is 11.6. The minimum Gasteiger partial charge on any atom is -0.493 e. The van der Waals surface area contributed by atoms with Gasteiger partial charge in [-0.1, -0.05) is 24.3 Å². The molecule has 21 heavy (non-hydrogen) atoms. The van der Waals surface area contributed by atoms with Crippen molar-refractivity contribution in [1.29, 1.82) is 0 Å². The summed E-state index contributed by atoms with van der Waals surface area (Å²) in [5, 5.41) is 5.81. The van der Waals surface area contributed by atoms with Crippen LogP contribution in [0.15, 0.2) is 48.7 Å². The van der Waals surface area contributed by atoms with Gasteiger partial charge in [-0.05, 0) is 18.2 Å². The van der Waals surface area contributed by atoms with Crippen molar-refractivity contribution in [3.05, 3.63) is 59.9 Å². The van der Waals surface area contributed by atoms with Gasteiger partial charge < -0.3 is 15.4 Å². The van der Waals surface area contributed by atoms with E-state index in [9.17, 15) is 4.79 Å². The Balaban J connectivity index is 1.58. The molecule has 5 heteroatoms. The van der Waals surface area contributed by atoms with Crippen molar-refractivity contribution >= 4 is 6.03 Å². The van der Waals surface area contributed by atoms with Gasteiger partial charge in [0.2, 0.25) is 0 Å². The Hall–Kier alpha value is -2.56. The molecule has 1 aromatic carbocycles. The average Bonchev–Trinajstić information content (AvgIpc) is 2.54. The predicted octanol–water partition coefficient (Wildman–Crippen LogP) is 2.40. The Kier molecular flexibility index (Phi) is 4.00. The van der Waals surface area contributed by atoms with Crippen molar-refractivity contribution in [2.24, 2.45) is 0 Å². The molecule has 1 aromatic heterocycles. The van der Waals surface area contributed by atoms with Crippen LogP contribution in [0, 0.1) is 0 Å². The second kappa shape index (κ2) is 6.26. The highest BCUT2D eigenvalue weighted by Gasteiger charge is 2.22. The third kappa shape index (κ3) is 3.31. The largest absolute Gasteiger partial charge is 0.493 e. The van der Waals surface area contributed by atoms with Crippen LogP contribution < -0.4 is 15.4 Å². The number of hydrogen-bond acceptors (Lipinski definition) is 3. The van der Waals surface area contributed by atoms with Crippen LogP contribution in [0.5, 0.6) is 5.75 Å². The van der Waals surface area contributed by atoms with E-state index in [1.165, 1.54) is 0 Å². The molecular weight excluding hydrogens is 266 g/mol. The van der Waals surface area contributed by atoms with Crippen LogP contribution in [-0.4, -0.2) is 17.6 Å². The van der Waals surface area contributed by atoms with Crippen LogP contribution in [0.4, 0.5) is 4.79 Å². The van der Waals surface area contributed by atoms with Crippen LogP contribution in [-0.2, 0) is 6.54 Å². The molecule has 2 heterocycles. The van der Waals surface area contributed by atoms with Crippen LogP contribution in [0.25, 0.3) is 0 Å². The molecule has 0 bridgehead atoms. The number of urea groups is 1. The van der Waals surface area contributed by atoms with Gasteiger partial charge in [-0.25, -0.2) is 4.79 Å². The van der Waals surface area contributed by atoms with Gasteiger partial charge in [-0.3, -0.25) is 4.98 Å². The molecule has 2 aromatic rings. The number of aromatic nitrogens is 1. The normalized spacial score (nSPS) is 16.5. The first-order chi connectivity index (χ1) is 10.3. The van der Waals surface area contributed by atoms with Gasteiger partial charge in [-0.2, -0.15) is 0 Å². The summed E-state index contributed by atoms with van der Waals surface area (Å²) in [5.74, 6) is 0.846. The molecule has 5 nitrogen and oxygen atoms in total. The molecule has 0 unspecified atom stereocenters. The number of para-hydroxylation sites is 1. The van der Waals surface area contributed by atoms with Gasteiger partial charge in [0.25, 0.3) is 0 Å². The monoisotopic (exact) mass is 283 g/mol. The van der Waals surface area contributed by atoms with E-state index in [1.807, 2.05) is 42.5 Å². The first-order valence-electron chi connectivity index (χ1n) is 6.99. The van der Waals surface area contributed by atoms with Gasteiger partial charge in [-0.15, -0.1) is 0 Å². The number of carbonyl (C=O) groups is 1. The molecule has 0 fully saturated rings. The lowest BCUT2D eigenvalue weighted by molar-refractivity contribution is 0.223. The van der Waals surface area contributed by atoms with Gasteiger partial charge in [0, 0.05) is 18.2 Å². The zero-order valence-electron chi connectivity index (χ0n) is 11.6. The van der Waals surface area contributed by atoms with E-state index < -0.39 is 0 Å². The second-order valence-corrected chi connectivity index (χ2v) is 4.88. The van der Waals surface area contributed by atoms with Crippen molar-refractivity contribution in [3.63, 3.8) is 0 Å². The summed E-state index contributed by atoms with van der Waals surface area (Å²) >= 11 is 0. The predicted molar refractivity (Wildman–Crippen MR) is 78.9 cm³/mol. The van der Waals surface area contributed by atoms with Gasteiger partial charge >= 0.3 is 6.03 Å². The number of pyridine rings is 1. The lowest BCUT2D eigenvalue weighted by atomic mass is 10.0. The number of carbonyl (C=O) groups excluding carboxylic acids is 1. The smallest absolute Gasteiger partial charge is 0.315 e. The number of ether oxygens (including phenoxy) is 1. The maximum atomic E-state index is 12.0. The number of benzene rings is 1. The lowest BCUT2D eigenvalue weighted by Crippen LogP contribution is -2.39. The van der Waals surface area contributed by atoms with E-state index >= 15 is 0 Å². The summed E-state index contributed by atoms with van der Waals surface area (Å²) < 4.78 is 5.58. The molecule has 1 aliphatic rings. The summed E-state index contributed by atoms with van der Waals surface area (Å²) in [6.45, 7) is 1.03. The van der Waals surface area contributed by atoms with Crippen LogP contribution in [0.1, 0.15) is 23.7 Å². The van der Waals surface area contributed by atoms with E-state index in [0.29, 0.717) is 13.2 Å². The molecule has 108 valence electrons. The minimum atomic E-state index is -0.192. The van der Waals surface area contributed by atoms with Crippen molar-refractivity contribution < 1.29 is 9.53 Å². The van der Waals surface area contributed by atoms with E-state index in [4.69, 9.17) is 4.74 Å². The third-order valence-corrected chi connectivity index (χ3v) is 3.42. The summed E-state index contributed by atoms with van der Waals surface area (Å²) in [5.41, 5.74) is 1.86. The van der Waals surface area contributed by atoms with Gasteiger partial charge in [0.1, 0.15) is 5.75 Å². The molecule has 2 N–H and O–H groups in total. The van der Waals surface area contributed by atoms with Gasteiger partial charge in [0.15, 0.2) is 0 Å². The molecule has 0 saturated carbocycles. The Morgan fingerprint density at radius 3 is 2.95 bits per heavy atom. The highest BCUT2D eigenvalue weighted by atomic mass is 16.5. The molecule has 0 spiro atoms. The first kappa shape index (κ1) is 13.4. The van der Waals surface area contributed by atoms with Crippen molar-refractivity contribution in [3.8, 4) is 5.75 Å². The summed E-state index contributed by atoms with van der Waals surface area (Å²) in [6, 6.07) is 13.2. The fourth-order valence-electron chi connectivity index (χ4n) is 2.37. The number of hydrogen-bond donors (Lipinski definition) is 2. The molecular formula is C16H17N3O2. The fraction of sp³-hybridized carbons (Fsp3) is 0.250. The number of nitrogens with one attached hydrogen (secondary N) is 2. The van der Waals surface area contributed by atoms with Crippen molar-refractivity contribution in [2.75, 3.05) is 6.61 Å². The van der Waals surface area contributed by atoms with Crippen LogP contribution >= 0.6 is 0 Å². The standard InChI is InChI=1S/C16H17N3O2/c20-16(18-11-12-5-3-4-9-17-12)19-14-8-10-21-15-7-2-1-6-13(14)15/h1-7,9,14H,8,10-11H2,(H2,18,19,20)/t14-/m0/s1. The molecule has 0 saturated heterocycles. The highest BCUT2D eigenvalue weighted by Crippen LogP contribution is 2.31. The maximum Gasteiger partial charge on any atom is 0.315 e. The lowest BCUT2D eigenvalue weighted by Gasteiger charge is -2.26. The number of rotatable bonds is 3. The Labute approximate surface area is 123 Å². The molecule has 2 amide bonds. The summed E-state index contributed by atoms with van der Waals surface area (Å²) in [6.07, 6.45) is 2.48. The number of amides is 2. The average molecular weight is 283 g/mol. The van der Waals surface area contributed by atoms with Crippen molar-refractivity contribution in [1.82, 2.24) is 15.6 Å². The molecule has 3 rings (SSSR count). The van der Waals surface area contributed by atoms with E-state index in [0.717, 1.165) is 23.4 Å².